The molecule has 100 valence electrons. The lowest BCUT2D eigenvalue weighted by Gasteiger charge is -2.15. The molecule has 1 fully saturated rings. The number of halogens is 2. The highest BCUT2D eigenvalue weighted by Crippen LogP contribution is 2.48. The maximum atomic E-state index is 13.9. The van der Waals surface area contributed by atoms with Gasteiger partial charge in [-0.1, -0.05) is 12.1 Å². The van der Waals surface area contributed by atoms with Gasteiger partial charge in [0.1, 0.15) is 0 Å². The lowest BCUT2D eigenvalue weighted by atomic mass is 10.0. The molecule has 2 rings (SSSR count). The molecule has 0 heterocycles. The van der Waals surface area contributed by atoms with Gasteiger partial charge in [-0.3, -0.25) is 0 Å². The summed E-state index contributed by atoms with van der Waals surface area (Å²) < 4.78 is 18.8. The molecule has 2 nitrogen and oxygen atoms in total. The van der Waals surface area contributed by atoms with Gasteiger partial charge in [0, 0.05) is 24.5 Å². The number of alkyl halides is 1. The number of methoxy groups -OCH3 is 1. The Morgan fingerprint density at radius 1 is 1.44 bits per heavy atom. The van der Waals surface area contributed by atoms with Crippen LogP contribution in [0.5, 0.6) is 5.75 Å². The molecule has 1 N–H and O–H groups in total. The minimum absolute atomic E-state index is 0.269. The van der Waals surface area contributed by atoms with Gasteiger partial charge >= 0.3 is 0 Å². The predicted molar refractivity (Wildman–Crippen MR) is 71.7 cm³/mol. The largest absolute Gasteiger partial charge is 0.494 e. The Morgan fingerprint density at radius 3 is 2.83 bits per heavy atom. The van der Waals surface area contributed by atoms with Crippen molar-refractivity contribution in [3.63, 3.8) is 0 Å². The van der Waals surface area contributed by atoms with Crippen LogP contribution >= 0.6 is 11.6 Å². The van der Waals surface area contributed by atoms with Crippen molar-refractivity contribution in [2.24, 2.45) is 5.41 Å². The van der Waals surface area contributed by atoms with Crippen LogP contribution in [0.3, 0.4) is 0 Å². The molecule has 1 aromatic carbocycles. The Morgan fingerprint density at radius 2 is 2.22 bits per heavy atom. The molecule has 0 bridgehead atoms. The van der Waals surface area contributed by atoms with Gasteiger partial charge in [0.05, 0.1) is 7.11 Å². The first kappa shape index (κ1) is 13.6. The van der Waals surface area contributed by atoms with Crippen LogP contribution in [-0.2, 0) is 6.54 Å². The highest BCUT2D eigenvalue weighted by molar-refractivity contribution is 6.17. The molecule has 1 aliphatic rings. The average Bonchev–Trinajstić information content (AvgIpc) is 3.12. The zero-order valence-corrected chi connectivity index (χ0v) is 11.4. The summed E-state index contributed by atoms with van der Waals surface area (Å²) in [5.41, 5.74) is 1.02. The number of rotatable bonds is 7. The van der Waals surface area contributed by atoms with Gasteiger partial charge in [-0.2, -0.15) is 0 Å². The van der Waals surface area contributed by atoms with Crippen molar-refractivity contribution < 1.29 is 9.13 Å². The molecule has 1 saturated carbocycles. The standard InChI is InChI=1S/C14H19ClFNO/c1-18-12-4-2-3-11(13(12)16)9-17-10-14(5-6-14)7-8-15/h2-4,17H,5-10H2,1H3. The minimum atomic E-state index is -0.269. The third kappa shape index (κ3) is 3.15. The van der Waals surface area contributed by atoms with Crippen molar-refractivity contribution in [2.75, 3.05) is 19.5 Å². The first-order chi connectivity index (χ1) is 8.71. The first-order valence-electron chi connectivity index (χ1n) is 6.29. The molecule has 0 unspecified atom stereocenters. The van der Waals surface area contributed by atoms with Crippen molar-refractivity contribution in [3.8, 4) is 5.75 Å². The zero-order valence-electron chi connectivity index (χ0n) is 10.6. The molecule has 0 saturated heterocycles. The third-order valence-corrected chi connectivity index (χ3v) is 3.85. The van der Waals surface area contributed by atoms with Crippen LogP contribution < -0.4 is 10.1 Å². The van der Waals surface area contributed by atoms with Gasteiger partial charge in [0.2, 0.25) is 0 Å². The van der Waals surface area contributed by atoms with Crippen LogP contribution in [0.15, 0.2) is 18.2 Å². The lowest BCUT2D eigenvalue weighted by molar-refractivity contribution is 0.381. The smallest absolute Gasteiger partial charge is 0.169 e. The van der Waals surface area contributed by atoms with E-state index < -0.39 is 0 Å². The number of ether oxygens (including phenoxy) is 1. The summed E-state index contributed by atoms with van der Waals surface area (Å²) in [5, 5.41) is 3.33. The molecule has 0 aromatic heterocycles. The van der Waals surface area contributed by atoms with Crippen LogP contribution in [0.25, 0.3) is 0 Å². The Kier molecular flexibility index (Phi) is 4.46. The summed E-state index contributed by atoms with van der Waals surface area (Å²) in [6.45, 7) is 1.45. The quantitative estimate of drug-likeness (QED) is 0.768. The fourth-order valence-electron chi connectivity index (χ4n) is 2.21. The molecule has 0 spiro atoms. The van der Waals surface area contributed by atoms with E-state index in [9.17, 15) is 4.39 Å². The summed E-state index contributed by atoms with van der Waals surface area (Å²) >= 11 is 5.78. The average molecular weight is 272 g/mol. The van der Waals surface area contributed by atoms with Crippen molar-refractivity contribution in [3.05, 3.63) is 29.6 Å². The van der Waals surface area contributed by atoms with Gasteiger partial charge in [0.15, 0.2) is 11.6 Å². The van der Waals surface area contributed by atoms with Crippen molar-refractivity contribution in [1.29, 1.82) is 0 Å². The topological polar surface area (TPSA) is 21.3 Å². The molecule has 1 aromatic rings. The van der Waals surface area contributed by atoms with Crippen LogP contribution in [0.4, 0.5) is 4.39 Å². The van der Waals surface area contributed by atoms with E-state index in [1.165, 1.54) is 20.0 Å². The van der Waals surface area contributed by atoms with Gasteiger partial charge in [0.25, 0.3) is 0 Å². The van der Waals surface area contributed by atoms with E-state index in [0.717, 1.165) is 13.0 Å². The normalized spacial score (nSPS) is 16.6. The number of hydrogen-bond acceptors (Lipinski definition) is 2. The van der Waals surface area contributed by atoms with Gasteiger partial charge in [-0.25, -0.2) is 4.39 Å². The fourth-order valence-corrected chi connectivity index (χ4v) is 2.61. The van der Waals surface area contributed by atoms with Gasteiger partial charge < -0.3 is 10.1 Å². The minimum Gasteiger partial charge on any atom is -0.494 e. The van der Waals surface area contributed by atoms with Gasteiger partial charge in [-0.15, -0.1) is 11.6 Å². The van der Waals surface area contributed by atoms with Crippen LogP contribution in [0, 0.1) is 11.2 Å². The SMILES string of the molecule is COc1cccc(CNCC2(CCCl)CC2)c1F. The molecule has 0 radical (unpaired) electrons. The van der Waals surface area contributed by atoms with E-state index in [1.807, 2.05) is 6.07 Å². The van der Waals surface area contributed by atoms with E-state index in [2.05, 4.69) is 5.32 Å². The summed E-state index contributed by atoms with van der Waals surface area (Å²) in [4.78, 5) is 0. The summed E-state index contributed by atoms with van der Waals surface area (Å²) in [5.74, 6) is 0.737. The molecular weight excluding hydrogens is 253 g/mol. The lowest BCUT2D eigenvalue weighted by Crippen LogP contribution is -2.24. The maximum Gasteiger partial charge on any atom is 0.169 e. The molecule has 0 amide bonds. The van der Waals surface area contributed by atoms with Crippen molar-refractivity contribution in [2.45, 2.75) is 25.8 Å². The van der Waals surface area contributed by atoms with Crippen LogP contribution in [0.1, 0.15) is 24.8 Å². The second kappa shape index (κ2) is 5.89. The zero-order chi connectivity index (χ0) is 13.0. The van der Waals surface area contributed by atoms with Crippen molar-refractivity contribution >= 4 is 11.6 Å². The van der Waals surface area contributed by atoms with Crippen LogP contribution in [0.2, 0.25) is 0 Å². The molecule has 4 heteroatoms. The molecule has 0 aliphatic heterocycles. The summed E-state index contributed by atoms with van der Waals surface area (Å²) in [7, 11) is 1.48. The maximum absolute atomic E-state index is 13.9. The second-order valence-corrected chi connectivity index (χ2v) is 5.35. The Hall–Kier alpha value is -0.800. The first-order valence-corrected chi connectivity index (χ1v) is 6.82. The Labute approximate surface area is 112 Å². The number of nitrogens with one attached hydrogen (secondary N) is 1. The Balaban J connectivity index is 1.87. The molecule has 18 heavy (non-hydrogen) atoms. The van der Waals surface area contributed by atoms with Crippen molar-refractivity contribution in [1.82, 2.24) is 5.32 Å². The molecule has 0 atom stereocenters. The van der Waals surface area contributed by atoms with Crippen LogP contribution in [-0.4, -0.2) is 19.5 Å². The number of hydrogen-bond donors (Lipinski definition) is 1. The highest BCUT2D eigenvalue weighted by atomic mass is 35.5. The molecule has 1 aliphatic carbocycles. The third-order valence-electron chi connectivity index (χ3n) is 3.66. The molecular formula is C14H19ClFNO. The highest BCUT2D eigenvalue weighted by Gasteiger charge is 2.41. The van der Waals surface area contributed by atoms with E-state index in [0.29, 0.717) is 29.2 Å². The Bertz CT molecular complexity index is 407. The monoisotopic (exact) mass is 271 g/mol. The second-order valence-electron chi connectivity index (χ2n) is 4.98. The summed E-state index contributed by atoms with van der Waals surface area (Å²) in [6, 6.07) is 5.23. The van der Waals surface area contributed by atoms with E-state index in [1.54, 1.807) is 12.1 Å². The summed E-state index contributed by atoms with van der Waals surface area (Å²) in [6.07, 6.45) is 3.50. The predicted octanol–water partition coefficient (Wildman–Crippen LogP) is 3.33. The fraction of sp³-hybridized carbons (Fsp3) is 0.571. The van der Waals surface area contributed by atoms with Gasteiger partial charge in [-0.05, 0) is 30.7 Å². The van der Waals surface area contributed by atoms with E-state index in [4.69, 9.17) is 16.3 Å². The van der Waals surface area contributed by atoms with E-state index in [-0.39, 0.29) is 5.82 Å². The van der Waals surface area contributed by atoms with E-state index >= 15 is 0 Å². The number of benzene rings is 1.